The lowest BCUT2D eigenvalue weighted by Crippen LogP contribution is -2.58. The quantitative estimate of drug-likeness (QED) is 0.582. The number of aliphatic hydroxyl groups excluding tert-OH is 1. The van der Waals surface area contributed by atoms with Crippen molar-refractivity contribution >= 4 is 15.9 Å². The first-order chi connectivity index (χ1) is 11.3. The second-order valence-corrected chi connectivity index (χ2v) is 15.4. The summed E-state index contributed by atoms with van der Waals surface area (Å²) >= 11 is 0. The lowest BCUT2D eigenvalue weighted by atomic mass is 9.75. The van der Waals surface area contributed by atoms with E-state index in [4.69, 9.17) is 4.74 Å². The summed E-state index contributed by atoms with van der Waals surface area (Å²) in [6.45, 7) is 18.2. The number of carbonyl (C=O) groups is 1. The van der Waals surface area contributed by atoms with Crippen LogP contribution in [-0.2, 0) is 9.53 Å². The molecule has 0 bridgehead atoms. The second-order valence-electron chi connectivity index (χ2n) is 10.8. The van der Waals surface area contributed by atoms with Crippen LogP contribution in [0.3, 0.4) is 0 Å². The van der Waals surface area contributed by atoms with Gasteiger partial charge in [0.15, 0.2) is 0 Å². The lowest BCUT2D eigenvalue weighted by molar-refractivity contribution is -0.186. The number of carbonyl (C=O) groups excluding carboxylic acids is 1. The molecule has 0 radical (unpaired) electrons. The van der Waals surface area contributed by atoms with Gasteiger partial charge in [-0.05, 0) is 92.2 Å². The third kappa shape index (κ3) is 7.40. The van der Waals surface area contributed by atoms with Gasteiger partial charge in [-0.25, -0.2) is 10.0 Å². The van der Waals surface area contributed by atoms with Crippen molar-refractivity contribution in [3.8, 4) is 0 Å². The molecule has 0 rings (SSSR count). The third-order valence-corrected chi connectivity index (χ3v) is 8.36. The monoisotopic (exact) mass is 391 g/mol. The Hall–Kier alpha value is -0.260. The van der Waals surface area contributed by atoms with E-state index in [9.17, 15) is 9.90 Å². The Kier molecular flexibility index (Phi) is 8.32. The highest BCUT2D eigenvalue weighted by Crippen LogP contribution is 2.44. The van der Waals surface area contributed by atoms with Crippen LogP contribution in [0.1, 0.15) is 75.2 Å². The molecule has 0 aromatic heterocycles. The highest BCUT2D eigenvalue weighted by Gasteiger charge is 2.48. The van der Waals surface area contributed by atoms with Crippen LogP contribution in [0.5, 0.6) is 0 Å². The van der Waals surface area contributed by atoms with Gasteiger partial charge in [0, 0.05) is 12.1 Å². The molecule has 0 saturated heterocycles. The first-order valence-corrected chi connectivity index (χ1v) is 12.5. The number of amides is 1. The van der Waals surface area contributed by atoms with Crippen LogP contribution < -0.4 is 5.32 Å². The smallest absolute Gasteiger partial charge is 0.228 e. The topological polar surface area (TPSA) is 58.6 Å². The molecule has 5 heteroatoms. The normalized spacial score (nSPS) is 16.3. The summed E-state index contributed by atoms with van der Waals surface area (Å²) in [6, 6.07) is 0. The first-order valence-electron chi connectivity index (χ1n) is 9.58. The predicted octanol–water partition coefficient (Wildman–Crippen LogP) is 4.34. The van der Waals surface area contributed by atoms with Gasteiger partial charge in [0.05, 0.1) is 16.6 Å². The molecule has 0 saturated carbocycles. The Morgan fingerprint density at radius 1 is 1.04 bits per heavy atom. The maximum Gasteiger partial charge on any atom is 0.228 e. The van der Waals surface area contributed by atoms with Gasteiger partial charge in [-0.15, -0.1) is 0 Å². The van der Waals surface area contributed by atoms with Gasteiger partial charge in [0.1, 0.15) is 0 Å². The van der Waals surface area contributed by atoms with Gasteiger partial charge in [0.2, 0.25) is 5.91 Å². The van der Waals surface area contributed by atoms with Gasteiger partial charge < -0.3 is 15.2 Å². The van der Waals surface area contributed by atoms with E-state index in [0.717, 1.165) is 6.42 Å². The van der Waals surface area contributed by atoms with Gasteiger partial charge >= 0.3 is 0 Å². The predicted molar refractivity (Wildman–Crippen MR) is 116 cm³/mol. The zero-order valence-electron chi connectivity index (χ0n) is 19.4. The molecule has 0 fully saturated rings. The Bertz CT molecular complexity index is 476. The van der Waals surface area contributed by atoms with Crippen molar-refractivity contribution in [2.75, 3.05) is 25.4 Å². The fourth-order valence-corrected chi connectivity index (χ4v) is 3.81. The van der Waals surface area contributed by atoms with Crippen molar-refractivity contribution in [2.24, 2.45) is 5.41 Å². The Labute approximate surface area is 164 Å². The molecule has 2 N–H and O–H groups in total. The minimum Gasteiger partial charge on any atom is -0.396 e. The van der Waals surface area contributed by atoms with E-state index in [1.165, 1.54) is 0 Å². The van der Waals surface area contributed by atoms with E-state index in [1.807, 2.05) is 41.5 Å². The van der Waals surface area contributed by atoms with E-state index < -0.39 is 26.6 Å². The molecule has 0 aliphatic heterocycles. The van der Waals surface area contributed by atoms with Gasteiger partial charge in [-0.3, -0.25) is 4.79 Å². The first kappa shape index (κ1) is 25.7. The Morgan fingerprint density at radius 3 is 1.88 bits per heavy atom. The molecule has 0 aliphatic carbocycles. The number of hydrogen-bond donors (Lipinski definition) is 2. The summed E-state index contributed by atoms with van der Waals surface area (Å²) in [5.74, 6) is 0.00316. The maximum absolute atomic E-state index is 13.2. The maximum atomic E-state index is 13.2. The summed E-state index contributed by atoms with van der Waals surface area (Å²) in [6.07, 6.45) is 8.44. The Morgan fingerprint density at radius 2 is 1.50 bits per heavy atom. The van der Waals surface area contributed by atoms with E-state index in [2.05, 4.69) is 44.9 Å². The average molecular weight is 392 g/mol. The molecule has 1 atom stereocenters. The van der Waals surface area contributed by atoms with E-state index in [-0.39, 0.29) is 18.1 Å². The largest absolute Gasteiger partial charge is 0.396 e. The second kappa shape index (κ2) is 8.40. The molecule has 0 heterocycles. The van der Waals surface area contributed by atoms with Crippen LogP contribution >= 0.6 is 10.0 Å². The van der Waals surface area contributed by atoms with Gasteiger partial charge in [0.25, 0.3) is 0 Å². The van der Waals surface area contributed by atoms with Crippen molar-refractivity contribution in [1.82, 2.24) is 5.32 Å². The molecule has 158 valence electrons. The molecule has 0 aromatic carbocycles. The zero-order chi connectivity index (χ0) is 21.2. The molecule has 26 heavy (non-hydrogen) atoms. The number of nitrogens with one attached hydrogen (secondary N) is 1. The van der Waals surface area contributed by atoms with Crippen LogP contribution in [-0.4, -0.2) is 58.4 Å². The minimum atomic E-state index is -0.713. The average Bonchev–Trinajstić information content (AvgIpc) is 2.34. The number of hydrogen-bond acceptors (Lipinski definition) is 3. The highest BCUT2D eigenvalue weighted by molar-refractivity contribution is 8.32. The van der Waals surface area contributed by atoms with Gasteiger partial charge in [-0.1, -0.05) is 6.92 Å². The molecule has 1 amide bonds. The summed E-state index contributed by atoms with van der Waals surface area (Å²) < 4.78 is 6.28. The molecule has 0 aromatic rings. The fraction of sp³-hybridized carbons (Fsp3) is 0.952. The molecule has 0 aliphatic rings. The number of ether oxygens (including phenoxy) is 1. The highest BCUT2D eigenvalue weighted by atomic mass is 32.3. The van der Waals surface area contributed by atoms with Crippen LogP contribution in [0.2, 0.25) is 0 Å². The zero-order valence-corrected chi connectivity index (χ0v) is 20.2. The van der Waals surface area contributed by atoms with Crippen molar-refractivity contribution in [3.05, 3.63) is 0 Å². The van der Waals surface area contributed by atoms with E-state index in [1.54, 1.807) is 0 Å². The molecular weight excluding hydrogens is 346 g/mol. The van der Waals surface area contributed by atoms with Crippen molar-refractivity contribution in [1.29, 1.82) is 0 Å². The number of rotatable bonds is 10. The summed E-state index contributed by atoms with van der Waals surface area (Å²) in [7, 11) is -0.666. The van der Waals surface area contributed by atoms with Crippen LogP contribution in [0.4, 0.5) is 0 Å². The molecular formula is C21H45NO3S. The molecule has 4 nitrogen and oxygen atoms in total. The lowest BCUT2D eigenvalue weighted by Gasteiger charge is -2.46. The van der Waals surface area contributed by atoms with Gasteiger partial charge in [-0.2, -0.15) is 0 Å². The van der Waals surface area contributed by atoms with Crippen LogP contribution in [0.25, 0.3) is 0 Å². The summed E-state index contributed by atoms with van der Waals surface area (Å²) in [5, 5.41) is 13.1. The van der Waals surface area contributed by atoms with Crippen molar-refractivity contribution < 1.29 is 14.6 Å². The van der Waals surface area contributed by atoms with Crippen LogP contribution in [0, 0.1) is 5.41 Å². The van der Waals surface area contributed by atoms with Crippen LogP contribution in [0.15, 0.2) is 0 Å². The summed E-state index contributed by atoms with van der Waals surface area (Å²) in [4.78, 5) is 13.2. The minimum absolute atomic E-state index is 0.00316. The molecule has 0 spiro atoms. The van der Waals surface area contributed by atoms with E-state index >= 15 is 0 Å². The third-order valence-electron chi connectivity index (χ3n) is 5.77. The van der Waals surface area contributed by atoms with Crippen molar-refractivity contribution in [3.63, 3.8) is 0 Å². The fourth-order valence-electron chi connectivity index (χ4n) is 2.90. The summed E-state index contributed by atoms with van der Waals surface area (Å²) in [5.41, 5.74) is -2.15. The number of aliphatic hydroxyl groups is 1. The van der Waals surface area contributed by atoms with E-state index in [0.29, 0.717) is 11.7 Å². The Balaban J connectivity index is 5.26. The standard InChI is InChI=1S/C21H45NO3S/c1-16(26(10,11)12)15-18(2,3)22-17(24)20(6,7)21(8,9)25-19(4,5)13-14-23/h16,23H,13-15H2,1-12H3,(H,22,24). The molecule has 1 unspecified atom stereocenters. The SMILES string of the molecule is CC(CC(C)(C)NC(=O)C(C)(C)C(C)(C)OC(C)(C)CCO)S(C)(C)C. The van der Waals surface area contributed by atoms with Crippen molar-refractivity contribution in [2.45, 2.75) is 97.1 Å².